The van der Waals surface area contributed by atoms with Crippen LogP contribution in [0.15, 0.2) is 22.7 Å². The van der Waals surface area contributed by atoms with Gasteiger partial charge in [-0.2, -0.15) is 0 Å². The molecule has 1 aliphatic rings. The van der Waals surface area contributed by atoms with Gasteiger partial charge in [0, 0.05) is 28.8 Å². The Bertz CT molecular complexity index is 380. The highest BCUT2D eigenvalue weighted by Gasteiger charge is 2.25. The van der Waals surface area contributed by atoms with Gasteiger partial charge in [-0.05, 0) is 43.5 Å². The Morgan fingerprint density at radius 1 is 1.41 bits per heavy atom. The van der Waals surface area contributed by atoms with E-state index in [-0.39, 0.29) is 0 Å². The summed E-state index contributed by atoms with van der Waals surface area (Å²) >= 11 is 9.58. The average Bonchev–Trinajstić information content (AvgIpc) is 2.34. The molecule has 0 radical (unpaired) electrons. The highest BCUT2D eigenvalue weighted by atomic mass is 79.9. The van der Waals surface area contributed by atoms with Crippen molar-refractivity contribution in [3.8, 4) is 0 Å². The first-order chi connectivity index (χ1) is 8.22. The van der Waals surface area contributed by atoms with Gasteiger partial charge in [-0.1, -0.05) is 33.6 Å². The summed E-state index contributed by atoms with van der Waals surface area (Å²) in [7, 11) is 2.02. The summed E-state index contributed by atoms with van der Waals surface area (Å²) in [5, 5.41) is 4.19. The zero-order valence-electron chi connectivity index (χ0n) is 9.88. The molecule has 1 N–H and O–H groups in total. The fraction of sp³-hybridized carbons (Fsp3) is 0.538. The van der Waals surface area contributed by atoms with Gasteiger partial charge in [-0.3, -0.25) is 0 Å². The largest absolute Gasteiger partial charge is 0.381 e. The van der Waals surface area contributed by atoms with E-state index < -0.39 is 0 Å². The van der Waals surface area contributed by atoms with Gasteiger partial charge in [0.1, 0.15) is 0 Å². The molecule has 1 aliphatic heterocycles. The summed E-state index contributed by atoms with van der Waals surface area (Å²) in [5.41, 5.74) is 1.28. The van der Waals surface area contributed by atoms with Crippen molar-refractivity contribution in [1.29, 1.82) is 0 Å². The van der Waals surface area contributed by atoms with E-state index in [1.807, 2.05) is 19.2 Å². The van der Waals surface area contributed by atoms with Crippen LogP contribution in [0, 0.1) is 5.92 Å². The summed E-state index contributed by atoms with van der Waals surface area (Å²) in [6, 6.07) is 6.38. The molecule has 94 valence electrons. The monoisotopic (exact) mass is 317 g/mol. The summed E-state index contributed by atoms with van der Waals surface area (Å²) in [4.78, 5) is 0. The van der Waals surface area contributed by atoms with E-state index in [0.717, 1.165) is 35.6 Å². The third-order valence-corrected chi connectivity index (χ3v) is 4.27. The fourth-order valence-corrected chi connectivity index (χ4v) is 3.38. The van der Waals surface area contributed by atoms with Crippen molar-refractivity contribution in [1.82, 2.24) is 5.32 Å². The minimum absolute atomic E-state index is 0.366. The first kappa shape index (κ1) is 13.3. The van der Waals surface area contributed by atoms with Gasteiger partial charge < -0.3 is 10.1 Å². The van der Waals surface area contributed by atoms with Crippen LogP contribution in [0.4, 0.5) is 0 Å². The molecule has 0 aromatic heterocycles. The molecule has 1 aromatic carbocycles. The quantitative estimate of drug-likeness (QED) is 0.915. The van der Waals surface area contributed by atoms with Gasteiger partial charge >= 0.3 is 0 Å². The minimum Gasteiger partial charge on any atom is -0.381 e. The highest BCUT2D eigenvalue weighted by molar-refractivity contribution is 9.10. The molecule has 1 atom stereocenters. The lowest BCUT2D eigenvalue weighted by Gasteiger charge is -2.31. The molecule has 0 aliphatic carbocycles. The Labute approximate surface area is 116 Å². The minimum atomic E-state index is 0.366. The van der Waals surface area contributed by atoms with Crippen LogP contribution in [0.2, 0.25) is 5.02 Å². The molecule has 1 unspecified atom stereocenters. The van der Waals surface area contributed by atoms with Crippen LogP contribution in [0.3, 0.4) is 0 Å². The van der Waals surface area contributed by atoms with E-state index >= 15 is 0 Å². The van der Waals surface area contributed by atoms with Crippen LogP contribution in [-0.2, 0) is 4.74 Å². The van der Waals surface area contributed by atoms with Crippen molar-refractivity contribution < 1.29 is 4.74 Å². The van der Waals surface area contributed by atoms with E-state index in [0.29, 0.717) is 12.0 Å². The van der Waals surface area contributed by atoms with Crippen molar-refractivity contribution >= 4 is 27.5 Å². The fourth-order valence-electron chi connectivity index (χ4n) is 2.45. The Hall–Kier alpha value is -0.0900. The molecule has 17 heavy (non-hydrogen) atoms. The predicted octanol–water partition coefficient (Wildman–Crippen LogP) is 3.79. The Balaban J connectivity index is 2.21. The maximum absolute atomic E-state index is 5.98. The number of rotatable bonds is 3. The third kappa shape index (κ3) is 3.22. The van der Waals surface area contributed by atoms with Crippen molar-refractivity contribution in [3.63, 3.8) is 0 Å². The van der Waals surface area contributed by atoms with Gasteiger partial charge in [0.2, 0.25) is 0 Å². The molecule has 0 amide bonds. The zero-order chi connectivity index (χ0) is 12.3. The molecule has 1 fully saturated rings. The Morgan fingerprint density at radius 3 is 2.71 bits per heavy atom. The smallest absolute Gasteiger partial charge is 0.0469 e. The summed E-state index contributed by atoms with van der Waals surface area (Å²) in [6.07, 6.45) is 2.22. The standard InChI is InChI=1S/C13H17BrClNO/c1-16-13(9-4-6-17-7-5-9)11-3-2-10(15)8-12(11)14/h2-3,8-9,13,16H,4-7H2,1H3. The van der Waals surface area contributed by atoms with Gasteiger partial charge in [-0.25, -0.2) is 0 Å². The molecule has 2 nitrogen and oxygen atoms in total. The van der Waals surface area contributed by atoms with Crippen LogP contribution in [0.1, 0.15) is 24.4 Å². The third-order valence-electron chi connectivity index (χ3n) is 3.35. The lowest BCUT2D eigenvalue weighted by molar-refractivity contribution is 0.0545. The first-order valence-corrected chi connectivity index (χ1v) is 7.09. The molecular weight excluding hydrogens is 302 g/mol. The van der Waals surface area contributed by atoms with E-state index in [1.165, 1.54) is 5.56 Å². The van der Waals surface area contributed by atoms with Crippen LogP contribution >= 0.6 is 27.5 Å². The highest BCUT2D eigenvalue weighted by Crippen LogP contribution is 2.34. The van der Waals surface area contributed by atoms with Gasteiger partial charge in [0.05, 0.1) is 0 Å². The molecule has 1 heterocycles. The molecule has 0 spiro atoms. The number of hydrogen-bond donors (Lipinski definition) is 1. The van der Waals surface area contributed by atoms with Crippen molar-refractivity contribution in [3.05, 3.63) is 33.3 Å². The van der Waals surface area contributed by atoms with Gasteiger partial charge in [0.15, 0.2) is 0 Å². The summed E-state index contributed by atoms with van der Waals surface area (Å²) in [6.45, 7) is 1.74. The number of nitrogens with one attached hydrogen (secondary N) is 1. The van der Waals surface area contributed by atoms with Gasteiger partial charge in [-0.15, -0.1) is 0 Å². The first-order valence-electron chi connectivity index (χ1n) is 5.92. The van der Waals surface area contributed by atoms with Crippen LogP contribution in [0.25, 0.3) is 0 Å². The molecule has 1 aromatic rings. The molecule has 0 bridgehead atoms. The van der Waals surface area contributed by atoms with E-state index in [9.17, 15) is 0 Å². The molecular formula is C13H17BrClNO. The molecule has 0 saturated carbocycles. The molecule has 4 heteroatoms. The molecule has 2 rings (SSSR count). The maximum atomic E-state index is 5.98. The average molecular weight is 319 g/mol. The van der Waals surface area contributed by atoms with Gasteiger partial charge in [0.25, 0.3) is 0 Å². The predicted molar refractivity (Wildman–Crippen MR) is 74.5 cm³/mol. The lowest BCUT2D eigenvalue weighted by atomic mass is 9.87. The number of ether oxygens (including phenoxy) is 1. The lowest BCUT2D eigenvalue weighted by Crippen LogP contribution is -2.30. The van der Waals surface area contributed by atoms with Crippen LogP contribution in [-0.4, -0.2) is 20.3 Å². The van der Waals surface area contributed by atoms with Crippen LogP contribution in [0.5, 0.6) is 0 Å². The maximum Gasteiger partial charge on any atom is 0.0469 e. The van der Waals surface area contributed by atoms with E-state index in [1.54, 1.807) is 0 Å². The topological polar surface area (TPSA) is 21.3 Å². The SMILES string of the molecule is CNC(c1ccc(Cl)cc1Br)C1CCOCC1. The number of hydrogen-bond acceptors (Lipinski definition) is 2. The second-order valence-electron chi connectivity index (χ2n) is 4.38. The summed E-state index contributed by atoms with van der Waals surface area (Å²) < 4.78 is 6.50. The second kappa shape index (κ2) is 6.19. The second-order valence-corrected chi connectivity index (χ2v) is 5.67. The zero-order valence-corrected chi connectivity index (χ0v) is 12.2. The Morgan fingerprint density at radius 2 is 2.12 bits per heavy atom. The van der Waals surface area contributed by atoms with E-state index in [2.05, 4.69) is 27.3 Å². The number of benzene rings is 1. The van der Waals surface area contributed by atoms with Crippen molar-refractivity contribution in [2.75, 3.05) is 20.3 Å². The molecule has 1 saturated heterocycles. The van der Waals surface area contributed by atoms with Crippen molar-refractivity contribution in [2.45, 2.75) is 18.9 Å². The summed E-state index contributed by atoms with van der Waals surface area (Å²) in [5.74, 6) is 0.631. The Kier molecular flexibility index (Phi) is 4.86. The van der Waals surface area contributed by atoms with Crippen molar-refractivity contribution in [2.24, 2.45) is 5.92 Å². The van der Waals surface area contributed by atoms with E-state index in [4.69, 9.17) is 16.3 Å². The normalized spacial score (nSPS) is 19.2. The van der Waals surface area contributed by atoms with Crippen LogP contribution < -0.4 is 5.32 Å². The number of halogens is 2.